The SMILES string of the molecule is CCOC1CCN(C(=O)C2CC(=O)N(c3ccc(S(=O)(=O)N(CC)CC)cc3)C2)CC1. The molecule has 0 aliphatic carbocycles. The first kappa shape index (κ1) is 23.7. The lowest BCUT2D eigenvalue weighted by molar-refractivity contribution is -0.138. The van der Waals surface area contributed by atoms with Gasteiger partial charge in [0.05, 0.1) is 16.9 Å². The number of hydrogen-bond acceptors (Lipinski definition) is 5. The number of hydrogen-bond donors (Lipinski definition) is 0. The van der Waals surface area contributed by atoms with E-state index in [1.165, 1.54) is 16.4 Å². The molecule has 1 aromatic carbocycles. The van der Waals surface area contributed by atoms with Gasteiger partial charge < -0.3 is 14.5 Å². The number of likely N-dealkylation sites (tertiary alicyclic amines) is 1. The summed E-state index contributed by atoms with van der Waals surface area (Å²) in [6.45, 7) is 8.70. The van der Waals surface area contributed by atoms with E-state index in [0.717, 1.165) is 12.8 Å². The van der Waals surface area contributed by atoms with Crippen LogP contribution in [0, 0.1) is 5.92 Å². The number of amides is 2. The highest BCUT2D eigenvalue weighted by Gasteiger charge is 2.38. The maximum absolute atomic E-state index is 12.9. The van der Waals surface area contributed by atoms with E-state index < -0.39 is 10.0 Å². The minimum Gasteiger partial charge on any atom is -0.378 e. The molecule has 3 rings (SSSR count). The quantitative estimate of drug-likeness (QED) is 0.604. The van der Waals surface area contributed by atoms with E-state index in [9.17, 15) is 18.0 Å². The third-order valence-electron chi connectivity index (χ3n) is 6.12. The number of carbonyl (C=O) groups excluding carboxylic acids is 2. The molecule has 0 radical (unpaired) electrons. The van der Waals surface area contributed by atoms with Crippen LogP contribution in [0.2, 0.25) is 0 Å². The van der Waals surface area contributed by atoms with Gasteiger partial charge in [-0.3, -0.25) is 9.59 Å². The van der Waals surface area contributed by atoms with Gasteiger partial charge in [0, 0.05) is 51.4 Å². The van der Waals surface area contributed by atoms with Crippen molar-refractivity contribution in [2.24, 2.45) is 5.92 Å². The zero-order chi connectivity index (χ0) is 22.6. The van der Waals surface area contributed by atoms with Crippen LogP contribution in [0.25, 0.3) is 0 Å². The van der Waals surface area contributed by atoms with Gasteiger partial charge in [-0.15, -0.1) is 0 Å². The summed E-state index contributed by atoms with van der Waals surface area (Å²) in [7, 11) is -3.54. The summed E-state index contributed by atoms with van der Waals surface area (Å²) in [6.07, 6.45) is 2.05. The highest BCUT2D eigenvalue weighted by atomic mass is 32.2. The first-order valence-electron chi connectivity index (χ1n) is 11.1. The molecule has 0 spiro atoms. The second-order valence-electron chi connectivity index (χ2n) is 7.97. The zero-order valence-electron chi connectivity index (χ0n) is 18.6. The molecule has 2 aliphatic rings. The fourth-order valence-corrected chi connectivity index (χ4v) is 5.83. The zero-order valence-corrected chi connectivity index (χ0v) is 19.4. The molecule has 2 heterocycles. The summed E-state index contributed by atoms with van der Waals surface area (Å²) < 4.78 is 32.4. The second kappa shape index (κ2) is 10.1. The van der Waals surface area contributed by atoms with E-state index in [1.807, 2.05) is 11.8 Å². The molecule has 2 fully saturated rings. The monoisotopic (exact) mass is 451 g/mol. The Morgan fingerprint density at radius 3 is 2.26 bits per heavy atom. The summed E-state index contributed by atoms with van der Waals surface area (Å²) in [5, 5.41) is 0. The maximum atomic E-state index is 12.9. The van der Waals surface area contributed by atoms with Gasteiger partial charge in [-0.1, -0.05) is 13.8 Å². The molecule has 2 saturated heterocycles. The lowest BCUT2D eigenvalue weighted by Crippen LogP contribution is -2.44. The van der Waals surface area contributed by atoms with Crippen LogP contribution in [0.15, 0.2) is 29.2 Å². The number of carbonyl (C=O) groups is 2. The van der Waals surface area contributed by atoms with Crippen LogP contribution < -0.4 is 4.90 Å². The molecule has 0 bridgehead atoms. The molecule has 0 saturated carbocycles. The first-order valence-corrected chi connectivity index (χ1v) is 12.6. The Bertz CT molecular complexity index is 875. The number of sulfonamides is 1. The van der Waals surface area contributed by atoms with Crippen LogP contribution in [-0.2, 0) is 24.3 Å². The number of nitrogens with zero attached hydrogens (tertiary/aromatic N) is 3. The topological polar surface area (TPSA) is 87.2 Å². The van der Waals surface area contributed by atoms with Gasteiger partial charge in [-0.2, -0.15) is 4.31 Å². The van der Waals surface area contributed by atoms with Crippen molar-refractivity contribution in [1.82, 2.24) is 9.21 Å². The highest BCUT2D eigenvalue weighted by molar-refractivity contribution is 7.89. The summed E-state index contributed by atoms with van der Waals surface area (Å²) in [5.74, 6) is -0.455. The molecular formula is C22H33N3O5S. The van der Waals surface area contributed by atoms with Gasteiger partial charge in [0.15, 0.2) is 0 Å². The van der Waals surface area contributed by atoms with Crippen molar-refractivity contribution in [3.8, 4) is 0 Å². The third kappa shape index (κ3) is 5.10. The number of benzene rings is 1. The number of ether oxygens (including phenoxy) is 1. The minimum absolute atomic E-state index is 0.0199. The van der Waals surface area contributed by atoms with Crippen LogP contribution in [0.4, 0.5) is 5.69 Å². The lowest BCUT2D eigenvalue weighted by atomic mass is 10.0. The summed E-state index contributed by atoms with van der Waals surface area (Å²) in [6, 6.07) is 6.36. The Hall–Kier alpha value is -1.97. The molecule has 1 unspecified atom stereocenters. The molecule has 1 atom stereocenters. The number of anilines is 1. The fourth-order valence-electron chi connectivity index (χ4n) is 4.37. The summed E-state index contributed by atoms with van der Waals surface area (Å²) in [5.41, 5.74) is 0.619. The second-order valence-corrected chi connectivity index (χ2v) is 9.91. The molecule has 31 heavy (non-hydrogen) atoms. The molecule has 8 nitrogen and oxygen atoms in total. The maximum Gasteiger partial charge on any atom is 0.243 e. The van der Waals surface area contributed by atoms with Crippen LogP contribution in [0.5, 0.6) is 0 Å². The number of piperidine rings is 1. The van der Waals surface area contributed by atoms with Gasteiger partial charge in [0.25, 0.3) is 0 Å². The average molecular weight is 452 g/mol. The molecule has 9 heteroatoms. The van der Waals surface area contributed by atoms with E-state index in [4.69, 9.17) is 4.74 Å². The Morgan fingerprint density at radius 1 is 1.10 bits per heavy atom. The normalized spacial score (nSPS) is 20.6. The van der Waals surface area contributed by atoms with E-state index in [0.29, 0.717) is 45.0 Å². The van der Waals surface area contributed by atoms with Gasteiger partial charge in [0.1, 0.15) is 0 Å². The third-order valence-corrected chi connectivity index (χ3v) is 8.19. The van der Waals surface area contributed by atoms with Crippen LogP contribution in [0.1, 0.15) is 40.0 Å². The van der Waals surface area contributed by atoms with Gasteiger partial charge in [0.2, 0.25) is 21.8 Å². The van der Waals surface area contributed by atoms with Crippen molar-refractivity contribution in [2.45, 2.75) is 51.0 Å². The van der Waals surface area contributed by atoms with Crippen molar-refractivity contribution in [2.75, 3.05) is 44.2 Å². The Balaban J connectivity index is 1.65. The molecule has 172 valence electrons. The molecule has 1 aromatic rings. The fraction of sp³-hybridized carbons (Fsp3) is 0.636. The Morgan fingerprint density at radius 2 is 1.71 bits per heavy atom. The largest absolute Gasteiger partial charge is 0.378 e. The molecule has 2 aliphatic heterocycles. The van der Waals surface area contributed by atoms with E-state index >= 15 is 0 Å². The minimum atomic E-state index is -3.54. The average Bonchev–Trinajstić information content (AvgIpc) is 3.16. The predicted octanol–water partition coefficient (Wildman–Crippen LogP) is 2.10. The Kier molecular flexibility index (Phi) is 7.72. The van der Waals surface area contributed by atoms with Crippen LogP contribution in [0.3, 0.4) is 0 Å². The van der Waals surface area contributed by atoms with Crippen molar-refractivity contribution >= 4 is 27.5 Å². The van der Waals surface area contributed by atoms with Crippen molar-refractivity contribution in [3.63, 3.8) is 0 Å². The van der Waals surface area contributed by atoms with Crippen molar-refractivity contribution in [3.05, 3.63) is 24.3 Å². The Labute approximate surface area is 185 Å². The van der Waals surface area contributed by atoms with E-state index in [2.05, 4.69) is 0 Å². The molecule has 2 amide bonds. The first-order chi connectivity index (χ1) is 14.8. The smallest absolute Gasteiger partial charge is 0.243 e. The van der Waals surface area contributed by atoms with E-state index in [1.54, 1.807) is 30.9 Å². The predicted molar refractivity (Wildman–Crippen MR) is 118 cm³/mol. The van der Waals surface area contributed by atoms with Gasteiger partial charge >= 0.3 is 0 Å². The van der Waals surface area contributed by atoms with Crippen LogP contribution >= 0.6 is 0 Å². The number of rotatable bonds is 8. The van der Waals surface area contributed by atoms with Crippen molar-refractivity contribution in [1.29, 1.82) is 0 Å². The van der Waals surface area contributed by atoms with Crippen molar-refractivity contribution < 1.29 is 22.7 Å². The standard InChI is InChI=1S/C22H33N3O5S/c1-4-24(5-2)31(28,29)20-9-7-18(8-10-20)25-16-17(15-21(25)26)22(27)23-13-11-19(12-14-23)30-6-3/h7-10,17,19H,4-6,11-16H2,1-3H3. The van der Waals surface area contributed by atoms with Gasteiger partial charge in [-0.05, 0) is 44.0 Å². The molecule has 0 aromatic heterocycles. The highest BCUT2D eigenvalue weighted by Crippen LogP contribution is 2.29. The van der Waals surface area contributed by atoms with E-state index in [-0.39, 0.29) is 35.2 Å². The van der Waals surface area contributed by atoms with Crippen LogP contribution in [-0.4, -0.2) is 74.9 Å². The molecular weight excluding hydrogens is 418 g/mol. The summed E-state index contributed by atoms with van der Waals surface area (Å²) >= 11 is 0. The van der Waals surface area contributed by atoms with Gasteiger partial charge in [-0.25, -0.2) is 8.42 Å². The lowest BCUT2D eigenvalue weighted by Gasteiger charge is -2.33. The molecule has 0 N–H and O–H groups in total. The summed E-state index contributed by atoms with van der Waals surface area (Å²) in [4.78, 5) is 29.2.